The van der Waals surface area contributed by atoms with Crippen LogP contribution < -0.4 is 5.43 Å². The standard InChI is InChI=1S/C16H16N2O3/c1-12(10-14-8-5-9-21-14)11-17-18-16(20)15(19)13-6-3-2-4-7-13/h2-11,15,19H,1H3,(H,18,20)/b12-10+,17-11-/t15-/m1/s1. The van der Waals surface area contributed by atoms with E-state index in [9.17, 15) is 9.90 Å². The van der Waals surface area contributed by atoms with Gasteiger partial charge in [-0.15, -0.1) is 0 Å². The monoisotopic (exact) mass is 284 g/mol. The van der Waals surface area contributed by atoms with Crippen molar-refractivity contribution in [3.63, 3.8) is 0 Å². The van der Waals surface area contributed by atoms with Gasteiger partial charge in [0.05, 0.1) is 12.5 Å². The maximum atomic E-state index is 11.7. The molecular formula is C16H16N2O3. The van der Waals surface area contributed by atoms with Crippen LogP contribution in [0, 0.1) is 0 Å². The summed E-state index contributed by atoms with van der Waals surface area (Å²) in [5.74, 6) is 0.123. The highest BCUT2D eigenvalue weighted by atomic mass is 16.3. The summed E-state index contributed by atoms with van der Waals surface area (Å²) in [7, 11) is 0. The molecule has 1 amide bonds. The average molecular weight is 284 g/mol. The van der Waals surface area contributed by atoms with E-state index < -0.39 is 12.0 Å². The minimum absolute atomic E-state index is 0.521. The molecule has 1 aromatic carbocycles. The first-order valence-electron chi connectivity index (χ1n) is 6.44. The summed E-state index contributed by atoms with van der Waals surface area (Å²) in [6.45, 7) is 1.83. The van der Waals surface area contributed by atoms with Gasteiger partial charge in [0.2, 0.25) is 0 Å². The zero-order valence-electron chi connectivity index (χ0n) is 11.6. The maximum absolute atomic E-state index is 11.7. The fourth-order valence-corrected chi connectivity index (χ4v) is 1.68. The Morgan fingerprint density at radius 2 is 2.05 bits per heavy atom. The molecule has 0 saturated heterocycles. The highest BCUT2D eigenvalue weighted by Gasteiger charge is 2.15. The molecular weight excluding hydrogens is 268 g/mol. The van der Waals surface area contributed by atoms with Crippen molar-refractivity contribution in [2.45, 2.75) is 13.0 Å². The van der Waals surface area contributed by atoms with Gasteiger partial charge in [0.25, 0.3) is 5.91 Å². The van der Waals surface area contributed by atoms with Gasteiger partial charge in [-0.1, -0.05) is 30.3 Å². The van der Waals surface area contributed by atoms with E-state index in [1.165, 1.54) is 6.21 Å². The fraction of sp³-hybridized carbons (Fsp3) is 0.125. The Hall–Kier alpha value is -2.66. The van der Waals surface area contributed by atoms with Gasteiger partial charge in [-0.05, 0) is 36.3 Å². The fourth-order valence-electron chi connectivity index (χ4n) is 1.68. The third kappa shape index (κ3) is 4.43. The Bertz CT molecular complexity index is 631. The van der Waals surface area contributed by atoms with Crippen molar-refractivity contribution < 1.29 is 14.3 Å². The quantitative estimate of drug-likeness (QED) is 0.654. The first-order valence-corrected chi connectivity index (χ1v) is 6.44. The Labute approximate surface area is 122 Å². The molecule has 0 saturated carbocycles. The Balaban J connectivity index is 1.90. The van der Waals surface area contributed by atoms with Crippen LogP contribution in [0.1, 0.15) is 24.4 Å². The molecule has 21 heavy (non-hydrogen) atoms. The Morgan fingerprint density at radius 1 is 1.29 bits per heavy atom. The van der Waals surface area contributed by atoms with Gasteiger partial charge in [-0.2, -0.15) is 5.10 Å². The third-order valence-electron chi connectivity index (χ3n) is 2.72. The lowest BCUT2D eigenvalue weighted by atomic mass is 10.1. The van der Waals surface area contributed by atoms with E-state index in [2.05, 4.69) is 10.5 Å². The number of nitrogens with zero attached hydrogens (tertiary/aromatic N) is 1. The smallest absolute Gasteiger partial charge is 0.273 e. The molecule has 2 aromatic rings. The van der Waals surface area contributed by atoms with Gasteiger partial charge < -0.3 is 9.52 Å². The van der Waals surface area contributed by atoms with Crippen molar-refractivity contribution in [2.75, 3.05) is 0 Å². The third-order valence-corrected chi connectivity index (χ3v) is 2.72. The normalized spacial score (nSPS) is 13.3. The number of hydrogen-bond donors (Lipinski definition) is 2. The molecule has 1 aromatic heterocycles. The second-order valence-corrected chi connectivity index (χ2v) is 4.45. The minimum atomic E-state index is -1.24. The number of hydrogen-bond acceptors (Lipinski definition) is 4. The highest BCUT2D eigenvalue weighted by molar-refractivity contribution is 5.87. The van der Waals surface area contributed by atoms with Crippen LogP contribution in [0.15, 0.2) is 63.8 Å². The van der Waals surface area contributed by atoms with Crippen molar-refractivity contribution in [1.82, 2.24) is 5.43 Å². The number of carbonyl (C=O) groups excluding carboxylic acids is 1. The van der Waals surface area contributed by atoms with Gasteiger partial charge in [-0.25, -0.2) is 5.43 Å². The summed E-state index contributed by atoms with van der Waals surface area (Å²) < 4.78 is 5.16. The van der Waals surface area contributed by atoms with Gasteiger partial charge in [-0.3, -0.25) is 4.79 Å². The second-order valence-electron chi connectivity index (χ2n) is 4.45. The van der Waals surface area contributed by atoms with E-state index in [-0.39, 0.29) is 0 Å². The molecule has 1 atom stereocenters. The van der Waals surface area contributed by atoms with E-state index >= 15 is 0 Å². The average Bonchev–Trinajstić information content (AvgIpc) is 3.00. The number of rotatable bonds is 5. The topological polar surface area (TPSA) is 74.8 Å². The summed E-state index contributed by atoms with van der Waals surface area (Å²) in [4.78, 5) is 11.7. The largest absolute Gasteiger partial charge is 0.465 e. The van der Waals surface area contributed by atoms with Crippen molar-refractivity contribution in [3.8, 4) is 0 Å². The summed E-state index contributed by atoms with van der Waals surface area (Å²) >= 11 is 0. The highest BCUT2D eigenvalue weighted by Crippen LogP contribution is 2.11. The summed E-state index contributed by atoms with van der Waals surface area (Å²) in [5, 5.41) is 13.6. The number of amides is 1. The molecule has 5 heteroatoms. The van der Waals surface area contributed by atoms with Crippen LogP contribution in [0.2, 0.25) is 0 Å². The van der Waals surface area contributed by atoms with Crippen molar-refractivity contribution in [3.05, 3.63) is 65.6 Å². The predicted octanol–water partition coefficient (Wildman–Crippen LogP) is 2.52. The zero-order chi connectivity index (χ0) is 15.1. The molecule has 0 aliphatic heterocycles. The van der Waals surface area contributed by atoms with Gasteiger partial charge in [0, 0.05) is 0 Å². The molecule has 2 rings (SSSR count). The minimum Gasteiger partial charge on any atom is -0.465 e. The van der Waals surface area contributed by atoms with Crippen LogP contribution in [0.4, 0.5) is 0 Å². The number of nitrogens with one attached hydrogen (secondary N) is 1. The summed E-state index contributed by atoms with van der Waals surface area (Å²) in [5.41, 5.74) is 3.63. The number of hydrazone groups is 1. The maximum Gasteiger partial charge on any atom is 0.273 e. The van der Waals surface area contributed by atoms with Gasteiger partial charge >= 0.3 is 0 Å². The number of benzene rings is 1. The van der Waals surface area contributed by atoms with Crippen LogP contribution in [0.25, 0.3) is 6.08 Å². The molecule has 108 valence electrons. The first kappa shape index (κ1) is 14.7. The number of carbonyl (C=O) groups is 1. The Kier molecular flexibility index (Phi) is 5.06. The van der Waals surface area contributed by atoms with Crippen LogP contribution in [0.3, 0.4) is 0 Å². The van der Waals surface area contributed by atoms with Crippen molar-refractivity contribution in [1.29, 1.82) is 0 Å². The van der Waals surface area contributed by atoms with E-state index in [4.69, 9.17) is 4.42 Å². The van der Waals surface area contributed by atoms with E-state index in [0.717, 1.165) is 5.57 Å². The lowest BCUT2D eigenvalue weighted by molar-refractivity contribution is -0.129. The van der Waals surface area contributed by atoms with E-state index in [1.54, 1.807) is 42.7 Å². The predicted molar refractivity (Wildman–Crippen MR) is 80.4 cm³/mol. The Morgan fingerprint density at radius 3 is 2.71 bits per heavy atom. The molecule has 0 aliphatic carbocycles. The molecule has 5 nitrogen and oxygen atoms in total. The molecule has 0 fully saturated rings. The first-order chi connectivity index (χ1) is 10.2. The van der Waals surface area contributed by atoms with Crippen LogP contribution in [-0.2, 0) is 4.79 Å². The van der Waals surface area contributed by atoms with Crippen LogP contribution in [-0.4, -0.2) is 17.2 Å². The second kappa shape index (κ2) is 7.21. The lowest BCUT2D eigenvalue weighted by Crippen LogP contribution is -2.25. The van der Waals surface area contributed by atoms with E-state index in [0.29, 0.717) is 11.3 Å². The van der Waals surface area contributed by atoms with Crippen molar-refractivity contribution >= 4 is 18.2 Å². The number of aliphatic hydroxyl groups is 1. The lowest BCUT2D eigenvalue weighted by Gasteiger charge is -2.08. The molecule has 0 spiro atoms. The SMILES string of the molecule is CC(/C=N\NC(=O)[C@H](O)c1ccccc1)=C\c1ccco1. The zero-order valence-corrected chi connectivity index (χ0v) is 11.6. The molecule has 1 heterocycles. The van der Waals surface area contributed by atoms with Gasteiger partial charge in [0.15, 0.2) is 6.10 Å². The molecule has 0 radical (unpaired) electrons. The van der Waals surface area contributed by atoms with Crippen LogP contribution in [0.5, 0.6) is 0 Å². The van der Waals surface area contributed by atoms with Crippen LogP contribution >= 0.6 is 0 Å². The summed E-state index contributed by atoms with van der Waals surface area (Å²) in [6, 6.07) is 12.3. The number of aliphatic hydroxyl groups excluding tert-OH is 1. The molecule has 0 bridgehead atoms. The molecule has 2 N–H and O–H groups in total. The van der Waals surface area contributed by atoms with E-state index in [1.807, 2.05) is 19.1 Å². The number of furan rings is 1. The number of allylic oxidation sites excluding steroid dienone is 1. The van der Waals surface area contributed by atoms with Crippen molar-refractivity contribution in [2.24, 2.45) is 5.10 Å². The molecule has 0 unspecified atom stereocenters. The van der Waals surface area contributed by atoms with Gasteiger partial charge in [0.1, 0.15) is 5.76 Å². The molecule has 0 aliphatic rings. The summed E-state index contributed by atoms with van der Waals surface area (Å²) in [6.07, 6.45) is 3.60.